The first-order chi connectivity index (χ1) is 16.1. The Morgan fingerprint density at radius 1 is 1.09 bits per heavy atom. The minimum atomic E-state index is -0.793. The molecular formula is C23H27N5O5. The number of aliphatic hydroxyl groups excluding tert-OH is 1. The molecule has 0 aliphatic rings. The number of methoxy groups -OCH3 is 1. The fourth-order valence-electron chi connectivity index (χ4n) is 2.81. The molecule has 33 heavy (non-hydrogen) atoms. The second kappa shape index (κ2) is 12.3. The molecule has 174 valence electrons. The first-order valence-electron chi connectivity index (χ1n) is 10.5. The number of carbonyl (C=O) groups excluding carboxylic acids is 1. The van der Waals surface area contributed by atoms with E-state index in [-0.39, 0.29) is 13.2 Å². The van der Waals surface area contributed by atoms with E-state index in [4.69, 9.17) is 19.3 Å². The third-order valence-electron chi connectivity index (χ3n) is 4.47. The van der Waals surface area contributed by atoms with Gasteiger partial charge in [-0.15, -0.1) is 0 Å². The van der Waals surface area contributed by atoms with Crippen molar-refractivity contribution in [3.8, 4) is 17.0 Å². The highest BCUT2D eigenvalue weighted by molar-refractivity contribution is 5.75. The van der Waals surface area contributed by atoms with Crippen LogP contribution in [0.5, 0.6) is 5.75 Å². The van der Waals surface area contributed by atoms with Crippen LogP contribution in [0.1, 0.15) is 12.8 Å². The van der Waals surface area contributed by atoms with Crippen molar-refractivity contribution in [2.45, 2.75) is 12.8 Å². The van der Waals surface area contributed by atoms with Crippen molar-refractivity contribution in [2.75, 3.05) is 38.8 Å². The Labute approximate surface area is 191 Å². The second-order valence-electron chi connectivity index (χ2n) is 6.97. The molecule has 3 N–H and O–H groups in total. The van der Waals surface area contributed by atoms with Crippen molar-refractivity contribution < 1.29 is 24.1 Å². The lowest BCUT2D eigenvalue weighted by molar-refractivity contribution is 0.0685. The minimum absolute atomic E-state index is 0.122. The van der Waals surface area contributed by atoms with Gasteiger partial charge < -0.3 is 30.0 Å². The zero-order valence-corrected chi connectivity index (χ0v) is 18.4. The third kappa shape index (κ3) is 7.41. The van der Waals surface area contributed by atoms with Crippen LogP contribution in [-0.2, 0) is 9.47 Å². The van der Waals surface area contributed by atoms with Gasteiger partial charge >= 0.3 is 6.16 Å². The molecule has 2 aromatic heterocycles. The summed E-state index contributed by atoms with van der Waals surface area (Å²) in [6.07, 6.45) is 2.45. The summed E-state index contributed by atoms with van der Waals surface area (Å²) in [5, 5.41) is 15.1. The van der Waals surface area contributed by atoms with Crippen LogP contribution in [0.25, 0.3) is 22.4 Å². The number of nitrogens with one attached hydrogen (secondary N) is 2. The molecule has 0 aliphatic heterocycles. The molecule has 10 nitrogen and oxygen atoms in total. The van der Waals surface area contributed by atoms with Gasteiger partial charge in [0.2, 0.25) is 0 Å². The molecule has 0 saturated carbocycles. The SMILES string of the molecule is C=C(NCCCCO)Nc1ccc2ncc(-c3ccc(OC(=O)OCCOC)cc3)nc2n1. The number of unbranched alkanes of at least 4 members (excludes halogenated alkanes) is 1. The van der Waals surface area contributed by atoms with Gasteiger partial charge in [0, 0.05) is 25.8 Å². The molecule has 0 atom stereocenters. The van der Waals surface area contributed by atoms with Crippen LogP contribution in [0.15, 0.2) is 55.0 Å². The Morgan fingerprint density at radius 3 is 2.67 bits per heavy atom. The van der Waals surface area contributed by atoms with E-state index in [1.165, 1.54) is 7.11 Å². The lowest BCUT2D eigenvalue weighted by Crippen LogP contribution is -2.20. The standard InChI is InChI=1S/C23H27N5O5/c1-16(24-11-3-4-12-29)26-21-10-9-19-22(28-21)27-20(15-25-19)17-5-7-18(8-6-17)33-23(30)32-14-13-31-2/h5-10,15,24,29H,1,3-4,11-14H2,2H3,(H,26,27,28). The van der Waals surface area contributed by atoms with Crippen LogP contribution in [0.4, 0.5) is 10.6 Å². The number of benzene rings is 1. The van der Waals surface area contributed by atoms with Gasteiger partial charge in [-0.2, -0.15) is 0 Å². The van der Waals surface area contributed by atoms with E-state index in [1.54, 1.807) is 36.5 Å². The van der Waals surface area contributed by atoms with Gasteiger partial charge in [-0.1, -0.05) is 6.58 Å². The van der Waals surface area contributed by atoms with Gasteiger partial charge in [-0.25, -0.2) is 14.8 Å². The number of hydrogen-bond acceptors (Lipinski definition) is 10. The molecule has 3 rings (SSSR count). The van der Waals surface area contributed by atoms with Crippen LogP contribution in [0.2, 0.25) is 0 Å². The number of nitrogens with zero attached hydrogens (tertiary/aromatic N) is 3. The summed E-state index contributed by atoms with van der Waals surface area (Å²) < 4.78 is 14.8. The summed E-state index contributed by atoms with van der Waals surface area (Å²) >= 11 is 0. The lowest BCUT2D eigenvalue weighted by Gasteiger charge is -2.11. The van der Waals surface area contributed by atoms with E-state index in [9.17, 15) is 4.79 Å². The van der Waals surface area contributed by atoms with Gasteiger partial charge in [-0.3, -0.25) is 4.98 Å². The molecule has 0 spiro atoms. The van der Waals surface area contributed by atoms with Crippen molar-refractivity contribution in [2.24, 2.45) is 0 Å². The Morgan fingerprint density at radius 2 is 1.91 bits per heavy atom. The maximum Gasteiger partial charge on any atom is 0.513 e. The number of aromatic nitrogens is 3. The molecule has 0 unspecified atom stereocenters. The quantitative estimate of drug-likeness (QED) is 0.214. The zero-order chi connectivity index (χ0) is 23.5. The average molecular weight is 453 g/mol. The topological polar surface area (TPSA) is 128 Å². The third-order valence-corrected chi connectivity index (χ3v) is 4.47. The fraction of sp³-hybridized carbons (Fsp3) is 0.304. The van der Waals surface area contributed by atoms with Crippen molar-refractivity contribution >= 4 is 23.1 Å². The summed E-state index contributed by atoms with van der Waals surface area (Å²) in [7, 11) is 1.52. The van der Waals surface area contributed by atoms with Gasteiger partial charge in [0.25, 0.3) is 0 Å². The number of hydrogen-bond donors (Lipinski definition) is 3. The van der Waals surface area contributed by atoms with Gasteiger partial charge in [0.05, 0.1) is 24.3 Å². The van der Waals surface area contributed by atoms with Gasteiger partial charge in [0.15, 0.2) is 5.65 Å². The van der Waals surface area contributed by atoms with Crippen LogP contribution in [0.3, 0.4) is 0 Å². The first kappa shape index (κ1) is 23.9. The molecule has 0 aliphatic carbocycles. The molecule has 2 heterocycles. The number of rotatable bonds is 12. The smallest absolute Gasteiger partial charge is 0.432 e. The molecule has 0 bridgehead atoms. The highest BCUT2D eigenvalue weighted by atomic mass is 16.7. The summed E-state index contributed by atoms with van der Waals surface area (Å²) in [6, 6.07) is 10.5. The van der Waals surface area contributed by atoms with E-state index in [2.05, 4.69) is 32.2 Å². The molecule has 0 fully saturated rings. The molecular weight excluding hydrogens is 426 g/mol. The zero-order valence-electron chi connectivity index (χ0n) is 18.4. The fourth-order valence-corrected chi connectivity index (χ4v) is 2.81. The van der Waals surface area contributed by atoms with Gasteiger partial charge in [0.1, 0.15) is 23.7 Å². The van der Waals surface area contributed by atoms with Crippen molar-refractivity contribution in [1.82, 2.24) is 20.3 Å². The summed E-state index contributed by atoms with van der Waals surface area (Å²) in [5.41, 5.74) is 2.55. The number of anilines is 1. The summed E-state index contributed by atoms with van der Waals surface area (Å²) in [6.45, 7) is 5.23. The number of carbonyl (C=O) groups is 1. The molecule has 0 radical (unpaired) electrons. The molecule has 10 heteroatoms. The second-order valence-corrected chi connectivity index (χ2v) is 6.97. The summed E-state index contributed by atoms with van der Waals surface area (Å²) in [4.78, 5) is 25.2. The van der Waals surface area contributed by atoms with Crippen molar-refractivity contribution in [3.05, 3.63) is 55.0 Å². The Hall–Kier alpha value is -3.76. The van der Waals surface area contributed by atoms with E-state index < -0.39 is 6.16 Å². The van der Waals surface area contributed by atoms with Crippen LogP contribution in [-0.4, -0.2) is 59.7 Å². The summed E-state index contributed by atoms with van der Waals surface area (Å²) in [5.74, 6) is 1.55. The van der Waals surface area contributed by atoms with E-state index in [0.29, 0.717) is 47.4 Å². The number of fused-ring (bicyclic) bond motifs is 1. The Bertz CT molecular complexity index is 1070. The predicted molar refractivity (Wildman–Crippen MR) is 124 cm³/mol. The molecule has 3 aromatic rings. The van der Waals surface area contributed by atoms with E-state index in [0.717, 1.165) is 18.4 Å². The monoisotopic (exact) mass is 453 g/mol. The maximum atomic E-state index is 11.6. The highest BCUT2D eigenvalue weighted by Gasteiger charge is 2.09. The normalized spacial score (nSPS) is 10.6. The van der Waals surface area contributed by atoms with Crippen molar-refractivity contribution in [1.29, 1.82) is 0 Å². The predicted octanol–water partition coefficient (Wildman–Crippen LogP) is 3.10. The molecule has 0 amide bonds. The van der Waals surface area contributed by atoms with Crippen LogP contribution >= 0.6 is 0 Å². The maximum absolute atomic E-state index is 11.6. The highest BCUT2D eigenvalue weighted by Crippen LogP contribution is 2.22. The Kier molecular flexibility index (Phi) is 8.92. The van der Waals surface area contributed by atoms with Crippen LogP contribution in [0, 0.1) is 0 Å². The first-order valence-corrected chi connectivity index (χ1v) is 10.5. The van der Waals surface area contributed by atoms with Crippen LogP contribution < -0.4 is 15.4 Å². The van der Waals surface area contributed by atoms with Gasteiger partial charge in [-0.05, 0) is 49.2 Å². The molecule has 1 aromatic carbocycles. The number of aliphatic hydroxyl groups is 1. The average Bonchev–Trinajstić information content (AvgIpc) is 2.82. The minimum Gasteiger partial charge on any atom is -0.432 e. The number of ether oxygens (including phenoxy) is 3. The van der Waals surface area contributed by atoms with Crippen molar-refractivity contribution in [3.63, 3.8) is 0 Å². The number of pyridine rings is 1. The Balaban J connectivity index is 1.64. The largest absolute Gasteiger partial charge is 0.513 e. The van der Waals surface area contributed by atoms with E-state index in [1.807, 2.05) is 6.07 Å². The lowest BCUT2D eigenvalue weighted by atomic mass is 10.1. The van der Waals surface area contributed by atoms with E-state index >= 15 is 0 Å². The molecule has 0 saturated heterocycles.